The van der Waals surface area contributed by atoms with Gasteiger partial charge in [0.2, 0.25) is 0 Å². The highest BCUT2D eigenvalue weighted by Gasteiger charge is 2.46. The molecule has 1 saturated carbocycles. The third kappa shape index (κ3) is 6.20. The van der Waals surface area contributed by atoms with Crippen LogP contribution in [0.5, 0.6) is 0 Å². The Kier molecular flexibility index (Phi) is 7.95. The van der Waals surface area contributed by atoms with Crippen molar-refractivity contribution < 1.29 is 24.0 Å². The highest BCUT2D eigenvalue weighted by atomic mass is 16.6. The summed E-state index contributed by atoms with van der Waals surface area (Å²) in [6, 6.07) is 21.2. The van der Waals surface area contributed by atoms with E-state index in [9.17, 15) is 19.2 Å². The maximum atomic E-state index is 13.3. The molecule has 0 bridgehead atoms. The minimum atomic E-state index is -0.855. The molecule has 37 heavy (non-hydrogen) atoms. The van der Waals surface area contributed by atoms with E-state index in [1.165, 1.54) is 19.3 Å². The van der Waals surface area contributed by atoms with Gasteiger partial charge >= 0.3 is 11.8 Å². The van der Waals surface area contributed by atoms with Crippen LogP contribution >= 0.6 is 0 Å². The zero-order valence-electron chi connectivity index (χ0n) is 20.4. The van der Waals surface area contributed by atoms with Gasteiger partial charge < -0.3 is 16.0 Å². The molecule has 9 heteroatoms. The lowest BCUT2D eigenvalue weighted by molar-refractivity contribution is -0.139. The molecule has 9 nitrogen and oxygen atoms in total. The number of carbonyl (C=O) groups excluding carboxylic acids is 4. The third-order valence-corrected chi connectivity index (χ3v) is 6.17. The van der Waals surface area contributed by atoms with Crippen LogP contribution in [0, 0.1) is 0 Å². The molecular formula is C28H28N4O5. The Morgan fingerprint density at radius 1 is 0.892 bits per heavy atom. The van der Waals surface area contributed by atoms with Crippen molar-refractivity contribution in [2.75, 3.05) is 13.7 Å². The second-order valence-electron chi connectivity index (χ2n) is 8.69. The molecular weight excluding hydrogens is 472 g/mol. The quantitative estimate of drug-likeness (QED) is 0.204. The first-order chi connectivity index (χ1) is 17.9. The van der Waals surface area contributed by atoms with Crippen molar-refractivity contribution in [1.29, 1.82) is 0 Å². The van der Waals surface area contributed by atoms with Crippen molar-refractivity contribution in [2.45, 2.75) is 24.9 Å². The number of carbonyl (C=O) groups is 4. The zero-order valence-corrected chi connectivity index (χ0v) is 20.4. The molecule has 0 radical (unpaired) electrons. The van der Waals surface area contributed by atoms with Crippen molar-refractivity contribution >= 4 is 34.4 Å². The summed E-state index contributed by atoms with van der Waals surface area (Å²) in [5.74, 6) is -2.44. The maximum Gasteiger partial charge on any atom is 0.309 e. The fraction of sp³-hybridized carbons (Fsp3) is 0.214. The zero-order chi connectivity index (χ0) is 26.3. The van der Waals surface area contributed by atoms with Gasteiger partial charge in [0.1, 0.15) is 0 Å². The fourth-order valence-electron chi connectivity index (χ4n) is 4.20. The number of amides is 4. The second-order valence-corrected chi connectivity index (χ2v) is 8.69. The molecule has 190 valence electrons. The normalized spacial score (nSPS) is 13.6. The van der Waals surface area contributed by atoms with Crippen molar-refractivity contribution in [3.8, 4) is 0 Å². The van der Waals surface area contributed by atoms with Gasteiger partial charge in [-0.3, -0.25) is 24.0 Å². The van der Waals surface area contributed by atoms with E-state index in [0.29, 0.717) is 11.1 Å². The number of rotatable bonds is 9. The van der Waals surface area contributed by atoms with Gasteiger partial charge in [0.15, 0.2) is 0 Å². The Hall–Kier alpha value is -4.50. The minimum Gasteiger partial charge on any atom is -0.344 e. The van der Waals surface area contributed by atoms with Gasteiger partial charge in [-0.2, -0.15) is 0 Å². The Bertz CT molecular complexity index is 1360. The third-order valence-electron chi connectivity index (χ3n) is 6.17. The molecule has 0 saturated heterocycles. The molecule has 4 amide bonds. The molecule has 0 heterocycles. The van der Waals surface area contributed by atoms with Crippen LogP contribution in [0.2, 0.25) is 0 Å². The second kappa shape index (κ2) is 11.5. The lowest BCUT2D eigenvalue weighted by atomic mass is 9.96. The number of benzene rings is 3. The standard InChI is InChI=1S/C28H28N4O5/c1-37-32-24(33)14-7-17-29-26(35)27(36)30-18-20-9-3-5-12-22(20)25(34)31-28(15-16-28)23-13-6-10-19-8-2-4-11-21(19)23/h2-14H,15-18H2,1H3,(H,29,35)(H,30,36)(H,31,34)(H,32,33)/b14-7+. The average molecular weight is 501 g/mol. The van der Waals surface area contributed by atoms with Crippen LogP contribution in [-0.4, -0.2) is 37.3 Å². The summed E-state index contributed by atoms with van der Waals surface area (Å²) in [4.78, 5) is 53.3. The van der Waals surface area contributed by atoms with E-state index < -0.39 is 23.3 Å². The van der Waals surface area contributed by atoms with E-state index in [-0.39, 0.29) is 19.0 Å². The number of nitrogens with one attached hydrogen (secondary N) is 4. The average Bonchev–Trinajstić information content (AvgIpc) is 3.69. The Labute approximate surface area is 214 Å². The molecule has 0 atom stereocenters. The van der Waals surface area contributed by atoms with Gasteiger partial charge in [0.25, 0.3) is 11.8 Å². The topological polar surface area (TPSA) is 126 Å². The van der Waals surface area contributed by atoms with E-state index in [1.54, 1.807) is 24.3 Å². The van der Waals surface area contributed by atoms with Crippen molar-refractivity contribution in [3.05, 3.63) is 95.6 Å². The summed E-state index contributed by atoms with van der Waals surface area (Å²) in [6.45, 7) is -0.0121. The molecule has 0 aromatic heterocycles. The first-order valence-electron chi connectivity index (χ1n) is 11.9. The minimum absolute atomic E-state index is 0.00317. The van der Waals surface area contributed by atoms with Crippen LogP contribution in [0.15, 0.2) is 78.9 Å². The summed E-state index contributed by atoms with van der Waals surface area (Å²) in [5.41, 5.74) is 3.78. The first kappa shape index (κ1) is 25.6. The number of fused-ring (bicyclic) bond motifs is 1. The van der Waals surface area contributed by atoms with E-state index in [4.69, 9.17) is 0 Å². The maximum absolute atomic E-state index is 13.3. The highest BCUT2D eigenvalue weighted by molar-refractivity contribution is 6.35. The monoisotopic (exact) mass is 500 g/mol. The molecule has 0 aliphatic heterocycles. The first-order valence-corrected chi connectivity index (χ1v) is 11.9. The molecule has 3 aromatic carbocycles. The van der Waals surface area contributed by atoms with E-state index >= 15 is 0 Å². The highest BCUT2D eigenvalue weighted by Crippen LogP contribution is 2.48. The summed E-state index contributed by atoms with van der Waals surface area (Å²) in [6.07, 6.45) is 4.23. The SMILES string of the molecule is CONC(=O)/C=C/CNC(=O)C(=O)NCc1ccccc1C(=O)NC1(c2cccc3ccccc23)CC1. The van der Waals surface area contributed by atoms with Gasteiger partial charge in [-0.25, -0.2) is 5.48 Å². The van der Waals surface area contributed by atoms with Crippen LogP contribution in [-0.2, 0) is 31.3 Å². The largest absolute Gasteiger partial charge is 0.344 e. The lowest BCUT2D eigenvalue weighted by Crippen LogP contribution is -2.40. The molecule has 4 N–H and O–H groups in total. The van der Waals surface area contributed by atoms with Crippen LogP contribution in [0.1, 0.15) is 34.3 Å². The van der Waals surface area contributed by atoms with Crippen LogP contribution in [0.4, 0.5) is 0 Å². The lowest BCUT2D eigenvalue weighted by Gasteiger charge is -2.21. The molecule has 1 fully saturated rings. The number of hydrogen-bond donors (Lipinski definition) is 4. The van der Waals surface area contributed by atoms with E-state index in [1.807, 2.05) is 18.2 Å². The van der Waals surface area contributed by atoms with Crippen LogP contribution in [0.25, 0.3) is 10.8 Å². The van der Waals surface area contributed by atoms with Crippen molar-refractivity contribution in [1.82, 2.24) is 21.4 Å². The number of hydroxylamine groups is 1. The Balaban J connectivity index is 1.38. The van der Waals surface area contributed by atoms with Crippen LogP contribution < -0.4 is 21.4 Å². The smallest absolute Gasteiger partial charge is 0.309 e. The molecule has 4 rings (SSSR count). The van der Waals surface area contributed by atoms with Crippen molar-refractivity contribution in [2.24, 2.45) is 0 Å². The molecule has 1 aliphatic carbocycles. The Morgan fingerprint density at radius 2 is 1.59 bits per heavy atom. The fourth-order valence-corrected chi connectivity index (χ4v) is 4.20. The summed E-state index contributed by atoms with van der Waals surface area (Å²) >= 11 is 0. The van der Waals surface area contributed by atoms with Gasteiger partial charge in [-0.15, -0.1) is 0 Å². The van der Waals surface area contributed by atoms with Crippen LogP contribution in [0.3, 0.4) is 0 Å². The molecule has 0 unspecified atom stereocenters. The van der Waals surface area contributed by atoms with Gasteiger partial charge in [-0.05, 0) is 40.8 Å². The molecule has 3 aromatic rings. The predicted octanol–water partition coefficient (Wildman–Crippen LogP) is 2.23. The summed E-state index contributed by atoms with van der Waals surface area (Å²) in [7, 11) is 1.30. The van der Waals surface area contributed by atoms with Gasteiger partial charge in [-0.1, -0.05) is 66.7 Å². The Morgan fingerprint density at radius 3 is 2.38 bits per heavy atom. The van der Waals surface area contributed by atoms with Crippen molar-refractivity contribution in [3.63, 3.8) is 0 Å². The molecule has 0 spiro atoms. The summed E-state index contributed by atoms with van der Waals surface area (Å²) in [5, 5.41) is 10.4. The predicted molar refractivity (Wildman–Crippen MR) is 138 cm³/mol. The van der Waals surface area contributed by atoms with E-state index in [0.717, 1.165) is 29.2 Å². The summed E-state index contributed by atoms with van der Waals surface area (Å²) < 4.78 is 0. The molecule has 1 aliphatic rings. The van der Waals surface area contributed by atoms with Gasteiger partial charge in [0, 0.05) is 24.7 Å². The van der Waals surface area contributed by atoms with Gasteiger partial charge in [0.05, 0.1) is 12.6 Å². The van der Waals surface area contributed by atoms with E-state index in [2.05, 4.69) is 50.5 Å². The number of hydrogen-bond acceptors (Lipinski definition) is 5.